The fraction of sp³-hybridized carbons (Fsp3) is 0.273. The van der Waals surface area contributed by atoms with Crippen LogP contribution in [0.15, 0.2) is 30.7 Å². The van der Waals surface area contributed by atoms with Crippen LogP contribution < -0.4 is 5.32 Å². The van der Waals surface area contributed by atoms with Gasteiger partial charge in [-0.15, -0.1) is 0 Å². The van der Waals surface area contributed by atoms with Crippen LogP contribution in [0.4, 0.5) is 15.9 Å². The first-order valence-corrected chi connectivity index (χ1v) is 5.08. The lowest BCUT2D eigenvalue weighted by Gasteiger charge is -2.04. The molecule has 0 atom stereocenters. The monoisotopic (exact) mass is 220 g/mol. The molecule has 4 nitrogen and oxygen atoms in total. The van der Waals surface area contributed by atoms with Crippen LogP contribution in [0.3, 0.4) is 0 Å². The molecule has 0 amide bonds. The first-order valence-electron chi connectivity index (χ1n) is 5.08. The van der Waals surface area contributed by atoms with Crippen molar-refractivity contribution >= 4 is 11.5 Å². The van der Waals surface area contributed by atoms with Crippen molar-refractivity contribution in [1.29, 1.82) is 0 Å². The van der Waals surface area contributed by atoms with E-state index in [9.17, 15) is 4.39 Å². The Morgan fingerprint density at radius 1 is 1.44 bits per heavy atom. The summed E-state index contributed by atoms with van der Waals surface area (Å²) in [5.74, 6) is -0.161. The van der Waals surface area contributed by atoms with E-state index in [0.29, 0.717) is 0 Å². The van der Waals surface area contributed by atoms with Gasteiger partial charge in [0.15, 0.2) is 11.6 Å². The minimum absolute atomic E-state index is 0.214. The first-order chi connectivity index (χ1) is 7.66. The van der Waals surface area contributed by atoms with Crippen LogP contribution in [0.1, 0.15) is 19.9 Å². The Kier molecular flexibility index (Phi) is 2.85. The van der Waals surface area contributed by atoms with Gasteiger partial charge >= 0.3 is 0 Å². The van der Waals surface area contributed by atoms with Crippen molar-refractivity contribution in [3.8, 4) is 0 Å². The maximum Gasteiger partial charge on any atom is 0.166 e. The molecule has 0 radical (unpaired) electrons. The number of nitrogens with one attached hydrogen (secondary N) is 1. The molecule has 16 heavy (non-hydrogen) atoms. The number of aromatic nitrogens is 3. The molecule has 0 aromatic carbocycles. The molecule has 0 spiro atoms. The third kappa shape index (κ3) is 2.18. The second-order valence-electron chi connectivity index (χ2n) is 3.76. The fourth-order valence-corrected chi connectivity index (χ4v) is 1.30. The molecule has 0 aliphatic carbocycles. The Morgan fingerprint density at radius 2 is 2.25 bits per heavy atom. The molecule has 0 bridgehead atoms. The van der Waals surface area contributed by atoms with Gasteiger partial charge in [-0.25, -0.2) is 9.37 Å². The van der Waals surface area contributed by atoms with Crippen LogP contribution >= 0.6 is 0 Å². The zero-order chi connectivity index (χ0) is 11.5. The summed E-state index contributed by atoms with van der Waals surface area (Å²) in [6.45, 7) is 4.05. The largest absolute Gasteiger partial charge is 0.335 e. The highest BCUT2D eigenvalue weighted by molar-refractivity contribution is 5.54. The normalized spacial score (nSPS) is 10.8. The highest BCUT2D eigenvalue weighted by Gasteiger charge is 2.05. The van der Waals surface area contributed by atoms with Crippen LogP contribution in [0.5, 0.6) is 0 Å². The van der Waals surface area contributed by atoms with E-state index in [-0.39, 0.29) is 17.7 Å². The van der Waals surface area contributed by atoms with Gasteiger partial charge in [-0.1, -0.05) is 0 Å². The second-order valence-corrected chi connectivity index (χ2v) is 3.76. The van der Waals surface area contributed by atoms with E-state index in [1.165, 1.54) is 12.3 Å². The van der Waals surface area contributed by atoms with Crippen molar-refractivity contribution in [3.63, 3.8) is 0 Å². The van der Waals surface area contributed by atoms with Crippen LogP contribution in [-0.2, 0) is 0 Å². The summed E-state index contributed by atoms with van der Waals surface area (Å²) in [5.41, 5.74) is 0.728. The first kappa shape index (κ1) is 10.6. The summed E-state index contributed by atoms with van der Waals surface area (Å²) >= 11 is 0. The minimum atomic E-state index is -0.375. The topological polar surface area (TPSA) is 42.7 Å². The highest BCUT2D eigenvalue weighted by atomic mass is 19.1. The summed E-state index contributed by atoms with van der Waals surface area (Å²) in [4.78, 5) is 3.90. The van der Waals surface area contributed by atoms with Crippen molar-refractivity contribution in [3.05, 3.63) is 36.5 Å². The Labute approximate surface area is 93.1 Å². The van der Waals surface area contributed by atoms with Gasteiger partial charge < -0.3 is 5.32 Å². The van der Waals surface area contributed by atoms with Gasteiger partial charge in [0.1, 0.15) is 0 Å². The average molecular weight is 220 g/mol. The quantitative estimate of drug-likeness (QED) is 0.864. The van der Waals surface area contributed by atoms with Gasteiger partial charge in [-0.2, -0.15) is 5.10 Å². The maximum absolute atomic E-state index is 13.3. The van der Waals surface area contributed by atoms with Crippen molar-refractivity contribution in [2.45, 2.75) is 19.9 Å². The van der Waals surface area contributed by atoms with Gasteiger partial charge in [-0.3, -0.25) is 4.68 Å². The summed E-state index contributed by atoms with van der Waals surface area (Å²) < 4.78 is 15.1. The van der Waals surface area contributed by atoms with E-state index < -0.39 is 0 Å². The van der Waals surface area contributed by atoms with Crippen LogP contribution in [0.25, 0.3) is 0 Å². The lowest BCUT2D eigenvalue weighted by atomic mass is 10.4. The standard InChI is InChI=1S/C11H13FN4/c1-8(2)16-7-9(6-14-16)15-11-10(12)4-3-5-13-11/h3-8H,1-2H3,(H,13,15). The second kappa shape index (κ2) is 4.30. The summed E-state index contributed by atoms with van der Waals surface area (Å²) in [6.07, 6.45) is 5.01. The van der Waals surface area contributed by atoms with Gasteiger partial charge in [-0.05, 0) is 26.0 Å². The number of hydrogen-bond donors (Lipinski definition) is 1. The Hall–Kier alpha value is -1.91. The van der Waals surface area contributed by atoms with E-state index >= 15 is 0 Å². The molecule has 2 heterocycles. The Morgan fingerprint density at radius 3 is 2.88 bits per heavy atom. The lowest BCUT2D eigenvalue weighted by Crippen LogP contribution is -2.00. The van der Waals surface area contributed by atoms with E-state index in [1.54, 1.807) is 16.9 Å². The average Bonchev–Trinajstić information content (AvgIpc) is 2.70. The van der Waals surface area contributed by atoms with Crippen molar-refractivity contribution in [2.75, 3.05) is 5.32 Å². The van der Waals surface area contributed by atoms with Gasteiger partial charge in [0, 0.05) is 18.4 Å². The van der Waals surface area contributed by atoms with Crippen LogP contribution in [0.2, 0.25) is 0 Å². The molecular formula is C11H13FN4. The molecule has 0 aliphatic rings. The number of nitrogens with zero attached hydrogens (tertiary/aromatic N) is 3. The summed E-state index contributed by atoms with van der Waals surface area (Å²) in [6, 6.07) is 3.20. The molecule has 0 fully saturated rings. The Balaban J connectivity index is 2.18. The summed E-state index contributed by atoms with van der Waals surface area (Å²) in [5, 5.41) is 7.02. The van der Waals surface area contributed by atoms with E-state index in [1.807, 2.05) is 20.0 Å². The highest BCUT2D eigenvalue weighted by Crippen LogP contribution is 2.17. The molecule has 0 unspecified atom stereocenters. The molecular weight excluding hydrogens is 207 g/mol. The van der Waals surface area contributed by atoms with Crippen molar-refractivity contribution in [1.82, 2.24) is 14.8 Å². The predicted molar refractivity (Wildman–Crippen MR) is 60.1 cm³/mol. The summed E-state index contributed by atoms with van der Waals surface area (Å²) in [7, 11) is 0. The number of halogens is 1. The molecule has 2 aromatic rings. The van der Waals surface area contributed by atoms with Crippen molar-refractivity contribution in [2.24, 2.45) is 0 Å². The third-order valence-electron chi connectivity index (χ3n) is 2.15. The smallest absolute Gasteiger partial charge is 0.166 e. The maximum atomic E-state index is 13.3. The number of anilines is 2. The lowest BCUT2D eigenvalue weighted by molar-refractivity contribution is 0.532. The molecule has 0 aliphatic heterocycles. The third-order valence-corrected chi connectivity index (χ3v) is 2.15. The minimum Gasteiger partial charge on any atom is -0.335 e. The number of hydrogen-bond acceptors (Lipinski definition) is 3. The number of rotatable bonds is 3. The SMILES string of the molecule is CC(C)n1cc(Nc2ncccc2F)cn1. The van der Waals surface area contributed by atoms with Gasteiger partial charge in [0.05, 0.1) is 11.9 Å². The Bertz CT molecular complexity index is 478. The van der Waals surface area contributed by atoms with E-state index in [4.69, 9.17) is 0 Å². The predicted octanol–water partition coefficient (Wildman–Crippen LogP) is 2.74. The molecule has 0 saturated heterocycles. The fourth-order valence-electron chi connectivity index (χ4n) is 1.30. The van der Waals surface area contributed by atoms with Crippen molar-refractivity contribution < 1.29 is 4.39 Å². The molecule has 2 rings (SSSR count). The molecule has 0 saturated carbocycles. The zero-order valence-corrected chi connectivity index (χ0v) is 9.18. The van der Waals surface area contributed by atoms with Crippen LogP contribution in [0, 0.1) is 5.82 Å². The van der Waals surface area contributed by atoms with E-state index in [0.717, 1.165) is 5.69 Å². The molecule has 5 heteroatoms. The molecule has 2 aromatic heterocycles. The van der Waals surface area contributed by atoms with Crippen LogP contribution in [-0.4, -0.2) is 14.8 Å². The van der Waals surface area contributed by atoms with Gasteiger partial charge in [0.2, 0.25) is 0 Å². The van der Waals surface area contributed by atoms with E-state index in [2.05, 4.69) is 15.4 Å². The molecule has 1 N–H and O–H groups in total. The van der Waals surface area contributed by atoms with Gasteiger partial charge in [0.25, 0.3) is 0 Å². The molecule has 84 valence electrons. The zero-order valence-electron chi connectivity index (χ0n) is 9.18. The number of pyridine rings is 1.